The van der Waals surface area contributed by atoms with Gasteiger partial charge in [0.05, 0.1) is 6.54 Å². The summed E-state index contributed by atoms with van der Waals surface area (Å²) in [5, 5.41) is 12.1. The molecule has 6 nitrogen and oxygen atoms in total. The minimum Gasteiger partial charge on any atom is -0.343 e. The number of aromatic nitrogens is 3. The van der Waals surface area contributed by atoms with Crippen molar-refractivity contribution in [1.29, 1.82) is 0 Å². The Balaban J connectivity index is 0.00000210. The van der Waals surface area contributed by atoms with Crippen molar-refractivity contribution in [3.63, 3.8) is 0 Å². The molecule has 2 aromatic rings. The van der Waals surface area contributed by atoms with Gasteiger partial charge in [-0.3, -0.25) is 4.79 Å². The first-order valence-electron chi connectivity index (χ1n) is 9.67. The molecule has 0 bridgehead atoms. The molecule has 0 spiro atoms. The SMILES string of the molecule is Cc1ccc(CCC(=O)N2CCC(c3nnc4n3CCNC4)CC2)cc1.Cl. The molecule has 0 unspecified atom stereocenters. The van der Waals surface area contributed by atoms with Crippen LogP contribution in [0.4, 0.5) is 0 Å². The molecule has 0 radical (unpaired) electrons. The molecule has 3 heterocycles. The number of piperidine rings is 1. The van der Waals surface area contributed by atoms with Crippen LogP contribution in [-0.4, -0.2) is 45.2 Å². The van der Waals surface area contributed by atoms with Crippen LogP contribution in [0, 0.1) is 6.92 Å². The van der Waals surface area contributed by atoms with Gasteiger partial charge in [-0.25, -0.2) is 0 Å². The Morgan fingerprint density at radius 1 is 1.15 bits per heavy atom. The van der Waals surface area contributed by atoms with Gasteiger partial charge >= 0.3 is 0 Å². The van der Waals surface area contributed by atoms with Crippen LogP contribution in [-0.2, 0) is 24.3 Å². The Bertz CT molecular complexity index is 765. The maximum atomic E-state index is 12.5. The first-order chi connectivity index (χ1) is 12.7. The zero-order valence-electron chi connectivity index (χ0n) is 15.9. The van der Waals surface area contributed by atoms with Crippen molar-refractivity contribution in [3.8, 4) is 0 Å². The second-order valence-corrected chi connectivity index (χ2v) is 7.44. The van der Waals surface area contributed by atoms with Gasteiger partial charge in [0.2, 0.25) is 5.91 Å². The fourth-order valence-electron chi connectivity index (χ4n) is 3.97. The third kappa shape index (κ3) is 4.50. The van der Waals surface area contributed by atoms with Crippen molar-refractivity contribution in [2.24, 2.45) is 0 Å². The molecule has 1 aromatic heterocycles. The number of aryl methyl sites for hydroxylation is 2. The molecule has 2 aliphatic rings. The van der Waals surface area contributed by atoms with Crippen molar-refractivity contribution < 1.29 is 4.79 Å². The molecule has 1 saturated heterocycles. The first-order valence-corrected chi connectivity index (χ1v) is 9.67. The summed E-state index contributed by atoms with van der Waals surface area (Å²) in [4.78, 5) is 14.6. The van der Waals surface area contributed by atoms with E-state index in [1.807, 2.05) is 4.90 Å². The summed E-state index contributed by atoms with van der Waals surface area (Å²) in [5.41, 5.74) is 2.50. The van der Waals surface area contributed by atoms with Gasteiger partial charge in [-0.1, -0.05) is 29.8 Å². The number of likely N-dealkylation sites (tertiary alicyclic amines) is 1. The van der Waals surface area contributed by atoms with E-state index in [0.29, 0.717) is 12.3 Å². The topological polar surface area (TPSA) is 63.1 Å². The van der Waals surface area contributed by atoms with Crippen molar-refractivity contribution in [1.82, 2.24) is 25.0 Å². The van der Waals surface area contributed by atoms with E-state index >= 15 is 0 Å². The number of nitrogens with one attached hydrogen (secondary N) is 1. The maximum Gasteiger partial charge on any atom is 0.222 e. The third-order valence-corrected chi connectivity index (χ3v) is 5.61. The van der Waals surface area contributed by atoms with Gasteiger partial charge in [-0.05, 0) is 31.7 Å². The zero-order chi connectivity index (χ0) is 17.9. The number of benzene rings is 1. The molecule has 4 rings (SSSR count). The summed E-state index contributed by atoms with van der Waals surface area (Å²) >= 11 is 0. The highest BCUT2D eigenvalue weighted by molar-refractivity contribution is 5.85. The molecule has 27 heavy (non-hydrogen) atoms. The fourth-order valence-corrected chi connectivity index (χ4v) is 3.97. The quantitative estimate of drug-likeness (QED) is 0.872. The van der Waals surface area contributed by atoms with Gasteiger partial charge < -0.3 is 14.8 Å². The van der Waals surface area contributed by atoms with Crippen LogP contribution in [0.3, 0.4) is 0 Å². The number of carbonyl (C=O) groups excluding carboxylic acids is 1. The number of carbonyl (C=O) groups is 1. The van der Waals surface area contributed by atoms with Gasteiger partial charge in [0, 0.05) is 38.5 Å². The van der Waals surface area contributed by atoms with E-state index in [0.717, 1.165) is 63.6 Å². The largest absolute Gasteiger partial charge is 0.343 e. The standard InChI is InChI=1S/C20H27N5O.ClH/c1-15-2-4-16(5-3-15)6-7-19(26)24-11-8-17(9-12-24)20-23-22-18-14-21-10-13-25(18)20;/h2-5,17,21H,6-14H2,1H3;1H. The Labute approximate surface area is 166 Å². The average molecular weight is 390 g/mol. The Morgan fingerprint density at radius 3 is 2.63 bits per heavy atom. The van der Waals surface area contributed by atoms with Gasteiger partial charge in [0.1, 0.15) is 11.6 Å². The highest BCUT2D eigenvalue weighted by Crippen LogP contribution is 2.28. The highest BCUT2D eigenvalue weighted by Gasteiger charge is 2.28. The lowest BCUT2D eigenvalue weighted by atomic mass is 9.95. The summed E-state index contributed by atoms with van der Waals surface area (Å²) in [6.45, 7) is 6.49. The number of hydrogen-bond acceptors (Lipinski definition) is 4. The third-order valence-electron chi connectivity index (χ3n) is 5.61. The number of nitrogens with zero attached hydrogens (tertiary/aromatic N) is 4. The van der Waals surface area contributed by atoms with Gasteiger partial charge in [-0.15, -0.1) is 22.6 Å². The smallest absolute Gasteiger partial charge is 0.222 e. The first kappa shape index (κ1) is 19.8. The van der Waals surface area contributed by atoms with E-state index < -0.39 is 0 Å². The molecular formula is C20H28ClN5O. The molecular weight excluding hydrogens is 362 g/mol. The van der Waals surface area contributed by atoms with Crippen molar-refractivity contribution in [2.75, 3.05) is 19.6 Å². The lowest BCUT2D eigenvalue weighted by molar-refractivity contribution is -0.132. The van der Waals surface area contributed by atoms with E-state index in [4.69, 9.17) is 0 Å². The van der Waals surface area contributed by atoms with E-state index in [2.05, 4.69) is 51.3 Å². The molecule has 0 saturated carbocycles. The number of fused-ring (bicyclic) bond motifs is 1. The summed E-state index contributed by atoms with van der Waals surface area (Å²) in [6.07, 6.45) is 3.40. The number of amides is 1. The van der Waals surface area contributed by atoms with Crippen LogP contribution < -0.4 is 5.32 Å². The second-order valence-electron chi connectivity index (χ2n) is 7.44. The number of hydrogen-bond donors (Lipinski definition) is 1. The minimum absolute atomic E-state index is 0. The summed E-state index contributed by atoms with van der Waals surface area (Å²) in [6, 6.07) is 8.47. The molecule has 1 fully saturated rings. The molecule has 1 N–H and O–H groups in total. The normalized spacial score (nSPS) is 17.3. The molecule has 2 aliphatic heterocycles. The fraction of sp³-hybridized carbons (Fsp3) is 0.550. The van der Waals surface area contributed by atoms with Crippen molar-refractivity contribution in [3.05, 3.63) is 47.0 Å². The molecule has 7 heteroatoms. The van der Waals surface area contributed by atoms with E-state index in [1.165, 1.54) is 11.1 Å². The van der Waals surface area contributed by atoms with Gasteiger partial charge in [0.15, 0.2) is 0 Å². The monoisotopic (exact) mass is 389 g/mol. The predicted octanol–water partition coefficient (Wildman–Crippen LogP) is 2.45. The maximum absolute atomic E-state index is 12.5. The molecule has 1 aromatic carbocycles. The van der Waals surface area contributed by atoms with Crippen molar-refractivity contribution in [2.45, 2.75) is 51.6 Å². The summed E-state index contributed by atoms with van der Waals surface area (Å²) < 4.78 is 2.27. The van der Waals surface area contributed by atoms with Gasteiger partial charge in [0.25, 0.3) is 0 Å². The highest BCUT2D eigenvalue weighted by atomic mass is 35.5. The van der Waals surface area contributed by atoms with Crippen LogP contribution >= 0.6 is 12.4 Å². The van der Waals surface area contributed by atoms with Crippen LogP contribution in [0.15, 0.2) is 24.3 Å². The van der Waals surface area contributed by atoms with Crippen molar-refractivity contribution >= 4 is 18.3 Å². The van der Waals surface area contributed by atoms with Crippen LogP contribution in [0.25, 0.3) is 0 Å². The number of rotatable bonds is 4. The lowest BCUT2D eigenvalue weighted by Crippen LogP contribution is -2.39. The lowest BCUT2D eigenvalue weighted by Gasteiger charge is -2.32. The Kier molecular flexibility index (Phi) is 6.50. The average Bonchev–Trinajstić information content (AvgIpc) is 3.11. The van der Waals surface area contributed by atoms with E-state index in [-0.39, 0.29) is 18.3 Å². The predicted molar refractivity (Wildman–Crippen MR) is 107 cm³/mol. The van der Waals surface area contributed by atoms with E-state index in [9.17, 15) is 4.79 Å². The van der Waals surface area contributed by atoms with Crippen LogP contribution in [0.2, 0.25) is 0 Å². The van der Waals surface area contributed by atoms with E-state index in [1.54, 1.807) is 0 Å². The zero-order valence-corrected chi connectivity index (χ0v) is 16.7. The van der Waals surface area contributed by atoms with Crippen LogP contribution in [0.5, 0.6) is 0 Å². The molecule has 0 atom stereocenters. The molecule has 1 amide bonds. The summed E-state index contributed by atoms with van der Waals surface area (Å²) in [7, 11) is 0. The molecule has 0 aliphatic carbocycles. The van der Waals surface area contributed by atoms with Gasteiger partial charge in [-0.2, -0.15) is 0 Å². The Hall–Kier alpha value is -1.92. The minimum atomic E-state index is 0. The summed E-state index contributed by atoms with van der Waals surface area (Å²) in [5.74, 6) is 2.86. The Morgan fingerprint density at radius 2 is 1.89 bits per heavy atom. The molecule has 146 valence electrons. The second kappa shape index (κ2) is 8.85. The number of halogens is 1. The van der Waals surface area contributed by atoms with Crippen LogP contribution in [0.1, 0.15) is 48.0 Å².